The van der Waals surface area contributed by atoms with Gasteiger partial charge in [-0.25, -0.2) is 0 Å². The van der Waals surface area contributed by atoms with E-state index in [0.717, 1.165) is 29.4 Å². The predicted octanol–water partition coefficient (Wildman–Crippen LogP) is 2.34. The van der Waals surface area contributed by atoms with Crippen LogP contribution in [0.3, 0.4) is 0 Å². The molecular formula is C15H18ClN3O. The molecule has 2 bridgehead atoms. The van der Waals surface area contributed by atoms with E-state index in [1.807, 2.05) is 12.1 Å². The number of piperidine rings is 3. The molecule has 3 fully saturated rings. The van der Waals surface area contributed by atoms with Crippen molar-refractivity contribution in [3.63, 3.8) is 0 Å². The van der Waals surface area contributed by atoms with Crippen LogP contribution in [0.25, 0.3) is 0 Å². The third-order valence-electron chi connectivity index (χ3n) is 4.82. The lowest BCUT2D eigenvalue weighted by Gasteiger charge is -2.45. The molecule has 0 radical (unpaired) electrons. The van der Waals surface area contributed by atoms with Crippen LogP contribution in [-0.4, -0.2) is 36.5 Å². The van der Waals surface area contributed by atoms with Gasteiger partial charge in [0.2, 0.25) is 5.91 Å². The van der Waals surface area contributed by atoms with Gasteiger partial charge in [-0.3, -0.25) is 4.79 Å². The molecular weight excluding hydrogens is 274 g/mol. The highest BCUT2D eigenvalue weighted by atomic mass is 35.5. The Kier molecular flexibility index (Phi) is 2.89. The van der Waals surface area contributed by atoms with Gasteiger partial charge in [-0.2, -0.15) is 0 Å². The molecule has 1 atom stereocenters. The molecule has 20 heavy (non-hydrogen) atoms. The quantitative estimate of drug-likeness (QED) is 0.879. The molecule has 0 saturated carbocycles. The van der Waals surface area contributed by atoms with E-state index in [-0.39, 0.29) is 5.91 Å². The van der Waals surface area contributed by atoms with Crippen LogP contribution in [0.15, 0.2) is 12.1 Å². The fraction of sp³-hybridized carbons (Fsp3) is 0.533. The lowest BCUT2D eigenvalue weighted by atomic mass is 9.84. The molecule has 4 aliphatic heterocycles. The standard InChI is InChI=1S/C15H18ClN3O/c16-11-7-12-10(6-15(20)18-12)5-13(11)17-14-8-19-3-1-9(14)2-4-19/h5,7,9,14,17H,1-4,6,8H2,(H,18,20). The van der Waals surface area contributed by atoms with E-state index in [1.54, 1.807) is 0 Å². The van der Waals surface area contributed by atoms with Crippen molar-refractivity contribution in [3.05, 3.63) is 22.7 Å². The van der Waals surface area contributed by atoms with Crippen molar-refractivity contribution in [2.24, 2.45) is 5.92 Å². The van der Waals surface area contributed by atoms with Crippen LogP contribution in [0.1, 0.15) is 18.4 Å². The van der Waals surface area contributed by atoms with Gasteiger partial charge in [0.25, 0.3) is 0 Å². The first-order chi connectivity index (χ1) is 9.69. The average molecular weight is 292 g/mol. The minimum Gasteiger partial charge on any atom is -0.380 e. The molecule has 4 nitrogen and oxygen atoms in total. The van der Waals surface area contributed by atoms with Gasteiger partial charge in [-0.1, -0.05) is 11.6 Å². The number of benzene rings is 1. The fourth-order valence-electron chi connectivity index (χ4n) is 3.69. The Morgan fingerprint density at radius 1 is 1.30 bits per heavy atom. The van der Waals surface area contributed by atoms with Gasteiger partial charge >= 0.3 is 0 Å². The molecule has 4 heterocycles. The fourth-order valence-corrected chi connectivity index (χ4v) is 3.91. The van der Waals surface area contributed by atoms with Gasteiger partial charge in [0.15, 0.2) is 0 Å². The van der Waals surface area contributed by atoms with E-state index in [1.165, 1.54) is 25.9 Å². The van der Waals surface area contributed by atoms with Gasteiger partial charge in [-0.05, 0) is 49.5 Å². The Hall–Kier alpha value is -1.26. The van der Waals surface area contributed by atoms with Crippen molar-refractivity contribution in [1.82, 2.24) is 4.90 Å². The van der Waals surface area contributed by atoms with Crippen molar-refractivity contribution in [2.75, 3.05) is 30.3 Å². The molecule has 1 amide bonds. The number of anilines is 2. The second-order valence-corrected chi connectivity index (χ2v) is 6.51. The van der Waals surface area contributed by atoms with Crippen molar-refractivity contribution in [1.29, 1.82) is 0 Å². The van der Waals surface area contributed by atoms with E-state index in [4.69, 9.17) is 11.6 Å². The van der Waals surface area contributed by atoms with Crippen LogP contribution in [0.5, 0.6) is 0 Å². The van der Waals surface area contributed by atoms with Crippen molar-refractivity contribution < 1.29 is 4.79 Å². The first-order valence-corrected chi connectivity index (χ1v) is 7.68. The van der Waals surface area contributed by atoms with Crippen LogP contribution in [0.2, 0.25) is 5.02 Å². The Morgan fingerprint density at radius 3 is 2.80 bits per heavy atom. The summed E-state index contributed by atoms with van der Waals surface area (Å²) < 4.78 is 0. The third kappa shape index (κ3) is 2.07. The van der Waals surface area contributed by atoms with Crippen LogP contribution >= 0.6 is 11.6 Å². The summed E-state index contributed by atoms with van der Waals surface area (Å²) in [4.78, 5) is 14.0. The molecule has 0 spiro atoms. The summed E-state index contributed by atoms with van der Waals surface area (Å²) in [5.74, 6) is 0.806. The van der Waals surface area contributed by atoms with Crippen molar-refractivity contribution in [3.8, 4) is 0 Å². The third-order valence-corrected chi connectivity index (χ3v) is 5.13. The molecule has 0 aliphatic carbocycles. The van der Waals surface area contributed by atoms with E-state index in [2.05, 4.69) is 15.5 Å². The summed E-state index contributed by atoms with van der Waals surface area (Å²) in [6.45, 7) is 3.58. The minimum absolute atomic E-state index is 0.0519. The number of nitrogens with zero attached hydrogens (tertiary/aromatic N) is 1. The van der Waals surface area contributed by atoms with Gasteiger partial charge in [-0.15, -0.1) is 0 Å². The molecule has 106 valence electrons. The lowest BCUT2D eigenvalue weighted by molar-refractivity contribution is -0.115. The number of hydrogen-bond acceptors (Lipinski definition) is 3. The van der Waals surface area contributed by atoms with Gasteiger partial charge < -0.3 is 15.5 Å². The molecule has 4 aliphatic rings. The van der Waals surface area contributed by atoms with E-state index < -0.39 is 0 Å². The van der Waals surface area contributed by atoms with Crippen LogP contribution in [0.4, 0.5) is 11.4 Å². The monoisotopic (exact) mass is 291 g/mol. The highest BCUT2D eigenvalue weighted by Gasteiger charge is 2.34. The van der Waals surface area contributed by atoms with Crippen molar-refractivity contribution in [2.45, 2.75) is 25.3 Å². The topological polar surface area (TPSA) is 44.4 Å². The number of halogens is 1. The van der Waals surface area contributed by atoms with E-state index in [9.17, 15) is 4.79 Å². The molecule has 5 heteroatoms. The number of hydrogen-bond donors (Lipinski definition) is 2. The van der Waals surface area contributed by atoms with Gasteiger partial charge in [0, 0.05) is 18.3 Å². The second kappa shape index (κ2) is 4.64. The molecule has 1 aromatic rings. The normalized spacial score (nSPS) is 31.1. The number of carbonyl (C=O) groups is 1. The van der Waals surface area contributed by atoms with Crippen LogP contribution in [0, 0.1) is 5.92 Å². The minimum atomic E-state index is 0.0519. The maximum Gasteiger partial charge on any atom is 0.228 e. The SMILES string of the molecule is O=C1Cc2cc(NC3CN4CCC3CC4)c(Cl)cc2N1. The molecule has 0 aromatic heterocycles. The highest BCUT2D eigenvalue weighted by molar-refractivity contribution is 6.33. The highest BCUT2D eigenvalue weighted by Crippen LogP contribution is 2.36. The summed E-state index contributed by atoms with van der Waals surface area (Å²) in [5.41, 5.74) is 2.88. The zero-order valence-corrected chi connectivity index (χ0v) is 12.0. The van der Waals surface area contributed by atoms with Crippen LogP contribution in [-0.2, 0) is 11.2 Å². The summed E-state index contributed by atoms with van der Waals surface area (Å²) in [6.07, 6.45) is 3.02. The summed E-state index contributed by atoms with van der Waals surface area (Å²) >= 11 is 6.35. The molecule has 1 unspecified atom stereocenters. The van der Waals surface area contributed by atoms with E-state index >= 15 is 0 Å². The number of rotatable bonds is 2. The smallest absolute Gasteiger partial charge is 0.228 e. The molecule has 2 N–H and O–H groups in total. The zero-order valence-electron chi connectivity index (χ0n) is 11.3. The Bertz CT molecular complexity index is 566. The maximum atomic E-state index is 11.4. The Morgan fingerprint density at radius 2 is 2.10 bits per heavy atom. The van der Waals surface area contributed by atoms with E-state index in [0.29, 0.717) is 17.5 Å². The molecule has 1 aromatic carbocycles. The first-order valence-electron chi connectivity index (χ1n) is 7.30. The number of fused-ring (bicyclic) bond motifs is 4. The number of nitrogens with one attached hydrogen (secondary N) is 2. The van der Waals surface area contributed by atoms with Gasteiger partial charge in [0.05, 0.1) is 17.1 Å². The molecule has 5 rings (SSSR count). The largest absolute Gasteiger partial charge is 0.380 e. The summed E-state index contributed by atoms with van der Waals surface area (Å²) in [5, 5.41) is 7.15. The zero-order chi connectivity index (χ0) is 13.7. The van der Waals surface area contributed by atoms with Crippen LogP contribution < -0.4 is 10.6 Å². The summed E-state index contributed by atoms with van der Waals surface area (Å²) in [6, 6.07) is 4.39. The summed E-state index contributed by atoms with van der Waals surface area (Å²) in [7, 11) is 0. The van der Waals surface area contributed by atoms with Gasteiger partial charge in [0.1, 0.15) is 0 Å². The lowest BCUT2D eigenvalue weighted by Crippen LogP contribution is -2.53. The predicted molar refractivity (Wildman–Crippen MR) is 80.4 cm³/mol. The number of amides is 1. The number of carbonyl (C=O) groups excluding carboxylic acids is 1. The Labute approximate surface area is 123 Å². The Balaban J connectivity index is 1.57. The van der Waals surface area contributed by atoms with Crippen molar-refractivity contribution >= 4 is 28.9 Å². The maximum absolute atomic E-state index is 11.4. The average Bonchev–Trinajstić information content (AvgIpc) is 2.80. The first kappa shape index (κ1) is 12.5. The second-order valence-electron chi connectivity index (χ2n) is 6.10. The molecule has 3 saturated heterocycles.